The largest absolute Gasteiger partial charge is 0.0995 e. The van der Waals surface area contributed by atoms with Crippen LogP contribution in [-0.4, -0.2) is 0 Å². The number of fused-ring (bicyclic) bond motifs is 4. The van der Waals surface area contributed by atoms with Gasteiger partial charge in [-0.25, -0.2) is 0 Å². The fraction of sp³-hybridized carbons (Fsp3) is 0.684. The SMILES string of the molecule is C=C1CCC2=C(CCC3C2=CCC2(C)CCCC32)C1. The predicted octanol–water partition coefficient (Wildman–Crippen LogP) is 5.57. The molecule has 1 fully saturated rings. The van der Waals surface area contributed by atoms with Gasteiger partial charge in [-0.05, 0) is 79.8 Å². The molecule has 0 heteroatoms. The first-order valence-corrected chi connectivity index (χ1v) is 8.25. The van der Waals surface area contributed by atoms with Crippen LogP contribution in [-0.2, 0) is 0 Å². The second-order valence-corrected chi connectivity index (χ2v) is 7.67. The zero-order valence-electron chi connectivity index (χ0n) is 12.3. The third-order valence-corrected chi connectivity index (χ3v) is 6.56. The Morgan fingerprint density at radius 2 is 2.11 bits per heavy atom. The molecule has 3 unspecified atom stereocenters. The number of rotatable bonds is 0. The Bertz CT molecular complexity index is 490. The number of allylic oxidation sites excluding steroid dienone is 5. The Morgan fingerprint density at radius 1 is 1.21 bits per heavy atom. The van der Waals surface area contributed by atoms with Crippen LogP contribution in [0.3, 0.4) is 0 Å². The highest BCUT2D eigenvalue weighted by molar-refractivity contribution is 5.45. The normalized spacial score (nSPS) is 41.5. The van der Waals surface area contributed by atoms with Gasteiger partial charge in [0.25, 0.3) is 0 Å². The van der Waals surface area contributed by atoms with E-state index in [0.29, 0.717) is 5.41 Å². The van der Waals surface area contributed by atoms with Crippen LogP contribution >= 0.6 is 0 Å². The van der Waals surface area contributed by atoms with Crippen molar-refractivity contribution in [3.05, 3.63) is 34.9 Å². The van der Waals surface area contributed by atoms with Gasteiger partial charge in [0.15, 0.2) is 0 Å². The summed E-state index contributed by atoms with van der Waals surface area (Å²) in [5, 5.41) is 0. The van der Waals surface area contributed by atoms with E-state index in [0.717, 1.165) is 11.8 Å². The summed E-state index contributed by atoms with van der Waals surface area (Å²) in [6.45, 7) is 6.78. The molecule has 0 radical (unpaired) electrons. The van der Waals surface area contributed by atoms with Crippen molar-refractivity contribution in [1.82, 2.24) is 0 Å². The third kappa shape index (κ3) is 1.72. The van der Waals surface area contributed by atoms with Gasteiger partial charge in [-0.2, -0.15) is 0 Å². The maximum Gasteiger partial charge on any atom is -0.0105 e. The molecule has 4 aliphatic carbocycles. The Balaban J connectivity index is 1.73. The molecule has 0 spiro atoms. The van der Waals surface area contributed by atoms with E-state index in [-0.39, 0.29) is 0 Å². The van der Waals surface area contributed by atoms with Gasteiger partial charge in [-0.1, -0.05) is 37.1 Å². The van der Waals surface area contributed by atoms with E-state index in [1.54, 1.807) is 16.7 Å². The van der Waals surface area contributed by atoms with Gasteiger partial charge in [0.1, 0.15) is 0 Å². The molecule has 0 saturated heterocycles. The molecular formula is C19H26. The summed E-state index contributed by atoms with van der Waals surface area (Å²) in [5.74, 6) is 1.90. The second-order valence-electron chi connectivity index (χ2n) is 7.67. The minimum Gasteiger partial charge on any atom is -0.0995 e. The first-order valence-electron chi connectivity index (χ1n) is 8.25. The van der Waals surface area contributed by atoms with Gasteiger partial charge >= 0.3 is 0 Å². The van der Waals surface area contributed by atoms with E-state index in [1.807, 2.05) is 0 Å². The molecular weight excluding hydrogens is 228 g/mol. The Hall–Kier alpha value is -0.780. The first kappa shape index (κ1) is 12.0. The standard InChI is InChI=1S/C19H26/c1-13-5-7-15-14(12-13)6-8-17-16(15)9-11-19(2)10-3-4-18(17)19/h9,17-18H,1,3-8,10-12H2,2H3. The van der Waals surface area contributed by atoms with Crippen LogP contribution in [0.15, 0.2) is 34.9 Å². The third-order valence-electron chi connectivity index (χ3n) is 6.56. The highest BCUT2D eigenvalue weighted by Crippen LogP contribution is 2.59. The van der Waals surface area contributed by atoms with Crippen molar-refractivity contribution in [2.45, 2.75) is 64.7 Å². The molecule has 0 aromatic heterocycles. The molecule has 3 atom stereocenters. The van der Waals surface area contributed by atoms with Crippen LogP contribution in [0.1, 0.15) is 64.7 Å². The fourth-order valence-corrected chi connectivity index (χ4v) is 5.51. The van der Waals surface area contributed by atoms with Crippen LogP contribution in [0.4, 0.5) is 0 Å². The summed E-state index contributed by atoms with van der Waals surface area (Å²) < 4.78 is 0. The van der Waals surface area contributed by atoms with Crippen LogP contribution in [0.2, 0.25) is 0 Å². The van der Waals surface area contributed by atoms with E-state index >= 15 is 0 Å². The van der Waals surface area contributed by atoms with Gasteiger partial charge in [-0.3, -0.25) is 0 Å². The number of hydrogen-bond acceptors (Lipinski definition) is 0. The quantitative estimate of drug-likeness (QED) is 0.496. The summed E-state index contributed by atoms with van der Waals surface area (Å²) in [4.78, 5) is 0. The van der Waals surface area contributed by atoms with Gasteiger partial charge < -0.3 is 0 Å². The summed E-state index contributed by atoms with van der Waals surface area (Å²) in [5.41, 5.74) is 7.43. The van der Waals surface area contributed by atoms with Crippen LogP contribution in [0.5, 0.6) is 0 Å². The number of hydrogen-bond donors (Lipinski definition) is 0. The van der Waals surface area contributed by atoms with Crippen molar-refractivity contribution >= 4 is 0 Å². The lowest BCUT2D eigenvalue weighted by Crippen LogP contribution is -2.35. The maximum atomic E-state index is 4.22. The first-order chi connectivity index (χ1) is 9.17. The molecule has 19 heavy (non-hydrogen) atoms. The molecule has 4 rings (SSSR count). The molecule has 0 aliphatic heterocycles. The molecule has 0 amide bonds. The van der Waals surface area contributed by atoms with Crippen molar-refractivity contribution in [2.24, 2.45) is 17.3 Å². The van der Waals surface area contributed by atoms with Crippen molar-refractivity contribution in [1.29, 1.82) is 0 Å². The summed E-state index contributed by atoms with van der Waals surface area (Å²) in [6.07, 6.45) is 15.0. The van der Waals surface area contributed by atoms with E-state index in [9.17, 15) is 0 Å². The fourth-order valence-electron chi connectivity index (χ4n) is 5.51. The average Bonchev–Trinajstić information content (AvgIpc) is 2.79. The van der Waals surface area contributed by atoms with Crippen molar-refractivity contribution in [3.8, 4) is 0 Å². The summed E-state index contributed by atoms with van der Waals surface area (Å²) in [6, 6.07) is 0. The lowest BCUT2D eigenvalue weighted by molar-refractivity contribution is 0.152. The average molecular weight is 254 g/mol. The minimum atomic E-state index is 0.643. The zero-order valence-corrected chi connectivity index (χ0v) is 12.3. The lowest BCUT2D eigenvalue weighted by atomic mass is 9.59. The van der Waals surface area contributed by atoms with Crippen molar-refractivity contribution in [2.75, 3.05) is 0 Å². The maximum absolute atomic E-state index is 4.22. The Labute approximate surface area is 117 Å². The Kier molecular flexibility index (Phi) is 2.59. The smallest absolute Gasteiger partial charge is 0.0105 e. The Morgan fingerprint density at radius 3 is 3.00 bits per heavy atom. The minimum absolute atomic E-state index is 0.643. The molecule has 1 saturated carbocycles. The molecule has 0 aromatic rings. The van der Waals surface area contributed by atoms with Gasteiger partial charge in [0, 0.05) is 0 Å². The highest BCUT2D eigenvalue weighted by Gasteiger charge is 2.47. The van der Waals surface area contributed by atoms with E-state index in [4.69, 9.17) is 0 Å². The van der Waals surface area contributed by atoms with E-state index in [2.05, 4.69) is 19.6 Å². The monoisotopic (exact) mass is 254 g/mol. The van der Waals surface area contributed by atoms with Crippen molar-refractivity contribution < 1.29 is 0 Å². The molecule has 4 aliphatic rings. The van der Waals surface area contributed by atoms with Gasteiger partial charge in [-0.15, -0.1) is 0 Å². The molecule has 0 aromatic carbocycles. The van der Waals surface area contributed by atoms with Crippen molar-refractivity contribution in [3.63, 3.8) is 0 Å². The molecule has 0 bridgehead atoms. The molecule has 0 nitrogen and oxygen atoms in total. The predicted molar refractivity (Wildman–Crippen MR) is 80.9 cm³/mol. The van der Waals surface area contributed by atoms with Crippen LogP contribution in [0.25, 0.3) is 0 Å². The molecule has 0 N–H and O–H groups in total. The topological polar surface area (TPSA) is 0 Å². The van der Waals surface area contributed by atoms with Gasteiger partial charge in [0.2, 0.25) is 0 Å². The summed E-state index contributed by atoms with van der Waals surface area (Å²) in [7, 11) is 0. The lowest BCUT2D eigenvalue weighted by Gasteiger charge is -2.46. The van der Waals surface area contributed by atoms with E-state index < -0.39 is 0 Å². The second kappa shape index (κ2) is 4.11. The highest BCUT2D eigenvalue weighted by atomic mass is 14.5. The van der Waals surface area contributed by atoms with Crippen LogP contribution in [0, 0.1) is 17.3 Å². The van der Waals surface area contributed by atoms with Crippen LogP contribution < -0.4 is 0 Å². The molecule has 102 valence electrons. The van der Waals surface area contributed by atoms with Gasteiger partial charge in [0.05, 0.1) is 0 Å². The zero-order chi connectivity index (χ0) is 13.0. The van der Waals surface area contributed by atoms with E-state index in [1.165, 1.54) is 63.4 Å². The summed E-state index contributed by atoms with van der Waals surface area (Å²) >= 11 is 0. The molecule has 0 heterocycles.